The summed E-state index contributed by atoms with van der Waals surface area (Å²) in [4.78, 5) is 11.0. The quantitative estimate of drug-likeness (QED) is 0.512. The highest BCUT2D eigenvalue weighted by atomic mass is 16.4. The van der Waals surface area contributed by atoms with Gasteiger partial charge in [0.2, 0.25) is 0 Å². The van der Waals surface area contributed by atoms with E-state index in [1.165, 1.54) is 51.4 Å². The number of carboxylic acids is 1. The number of carbonyl (C=O) groups is 1. The lowest BCUT2D eigenvalue weighted by Crippen LogP contribution is -2.24. The van der Waals surface area contributed by atoms with Gasteiger partial charge in [-0.25, -0.2) is 0 Å². The summed E-state index contributed by atoms with van der Waals surface area (Å²) in [5.41, 5.74) is 0.224. The maximum absolute atomic E-state index is 11.0. The zero-order valence-corrected chi connectivity index (χ0v) is 12.8. The number of aliphatic carboxylic acids is 1. The minimum absolute atomic E-state index is 0.210. The molecule has 0 heterocycles. The van der Waals surface area contributed by atoms with Crippen molar-refractivity contribution in [2.24, 2.45) is 11.3 Å². The Labute approximate surface area is 113 Å². The fourth-order valence-electron chi connectivity index (χ4n) is 2.74. The third-order valence-corrected chi connectivity index (χ3v) is 3.99. The number of carboxylic acid groups (broad SMARTS) is 1. The van der Waals surface area contributed by atoms with E-state index in [4.69, 9.17) is 5.11 Å². The van der Waals surface area contributed by atoms with Crippen LogP contribution in [0.15, 0.2) is 0 Å². The van der Waals surface area contributed by atoms with Crippen LogP contribution in [-0.2, 0) is 4.79 Å². The molecule has 0 aliphatic carbocycles. The first-order chi connectivity index (χ1) is 8.45. The minimum Gasteiger partial charge on any atom is -0.481 e. The molecule has 108 valence electrons. The average molecular weight is 256 g/mol. The fraction of sp³-hybridized carbons (Fsp3) is 0.938. The molecule has 0 saturated heterocycles. The Bertz CT molecular complexity index is 225. The van der Waals surface area contributed by atoms with Crippen molar-refractivity contribution in [2.75, 3.05) is 0 Å². The van der Waals surface area contributed by atoms with Gasteiger partial charge in [0, 0.05) is 0 Å². The zero-order chi connectivity index (χ0) is 14.0. The highest BCUT2D eigenvalue weighted by molar-refractivity contribution is 5.69. The van der Waals surface area contributed by atoms with Gasteiger partial charge in [-0.05, 0) is 24.7 Å². The molecular weight excluding hydrogens is 224 g/mol. The second kappa shape index (κ2) is 9.41. The van der Waals surface area contributed by atoms with E-state index in [1.54, 1.807) is 0 Å². The molecule has 0 aliphatic heterocycles. The van der Waals surface area contributed by atoms with E-state index in [9.17, 15) is 4.79 Å². The molecule has 0 rings (SSSR count). The van der Waals surface area contributed by atoms with Gasteiger partial charge in [-0.1, -0.05) is 66.2 Å². The Kier molecular flexibility index (Phi) is 9.13. The summed E-state index contributed by atoms with van der Waals surface area (Å²) in [5, 5.41) is 9.08. The van der Waals surface area contributed by atoms with Gasteiger partial charge in [-0.2, -0.15) is 0 Å². The highest BCUT2D eigenvalue weighted by Crippen LogP contribution is 2.37. The molecule has 0 spiro atoms. The van der Waals surface area contributed by atoms with Crippen LogP contribution in [0.4, 0.5) is 0 Å². The summed E-state index contributed by atoms with van der Waals surface area (Å²) in [6.45, 7) is 8.56. The van der Waals surface area contributed by atoms with Crippen molar-refractivity contribution in [3.05, 3.63) is 0 Å². The van der Waals surface area contributed by atoms with Crippen LogP contribution in [0.2, 0.25) is 0 Å². The van der Waals surface area contributed by atoms with Crippen LogP contribution in [0.3, 0.4) is 0 Å². The van der Waals surface area contributed by atoms with Crippen LogP contribution in [0.25, 0.3) is 0 Å². The minimum atomic E-state index is -0.647. The number of hydrogen-bond donors (Lipinski definition) is 1. The van der Waals surface area contributed by atoms with Crippen molar-refractivity contribution in [1.82, 2.24) is 0 Å². The van der Waals surface area contributed by atoms with E-state index in [0.717, 1.165) is 6.42 Å². The molecule has 0 amide bonds. The maximum Gasteiger partial charge on any atom is 0.306 e. The fourth-order valence-corrected chi connectivity index (χ4v) is 2.74. The summed E-state index contributed by atoms with van der Waals surface area (Å²) in [6, 6.07) is 0. The van der Waals surface area contributed by atoms with E-state index < -0.39 is 5.97 Å². The van der Waals surface area contributed by atoms with E-state index in [1.807, 2.05) is 6.92 Å². The molecule has 0 bridgehead atoms. The van der Waals surface area contributed by atoms with E-state index in [-0.39, 0.29) is 11.3 Å². The van der Waals surface area contributed by atoms with Crippen molar-refractivity contribution in [3.63, 3.8) is 0 Å². The maximum atomic E-state index is 11.0. The SMILES string of the molecule is CCCCCCC(C)(CCCC)CC(C)C(=O)O. The van der Waals surface area contributed by atoms with E-state index in [0.29, 0.717) is 0 Å². The predicted octanol–water partition coefficient (Wildman–Crippen LogP) is 5.26. The van der Waals surface area contributed by atoms with Crippen LogP contribution in [0, 0.1) is 11.3 Å². The molecule has 2 nitrogen and oxygen atoms in total. The van der Waals surface area contributed by atoms with Gasteiger partial charge in [0.15, 0.2) is 0 Å². The molecule has 0 aromatic rings. The standard InChI is InChI=1S/C16H32O2/c1-5-7-9-10-12-16(4,11-8-6-2)13-14(3)15(17)18/h14H,5-13H2,1-4H3,(H,17,18). The number of hydrogen-bond acceptors (Lipinski definition) is 1. The first kappa shape index (κ1) is 17.5. The summed E-state index contributed by atoms with van der Waals surface area (Å²) >= 11 is 0. The van der Waals surface area contributed by atoms with Gasteiger partial charge in [-0.3, -0.25) is 4.79 Å². The Morgan fingerprint density at radius 3 is 2.11 bits per heavy atom. The lowest BCUT2D eigenvalue weighted by atomic mass is 9.74. The number of unbranched alkanes of at least 4 members (excludes halogenated alkanes) is 4. The highest BCUT2D eigenvalue weighted by Gasteiger charge is 2.28. The van der Waals surface area contributed by atoms with Gasteiger partial charge in [0.1, 0.15) is 0 Å². The van der Waals surface area contributed by atoms with Crippen molar-refractivity contribution in [3.8, 4) is 0 Å². The number of rotatable bonds is 11. The smallest absolute Gasteiger partial charge is 0.306 e. The third-order valence-electron chi connectivity index (χ3n) is 3.99. The molecule has 18 heavy (non-hydrogen) atoms. The molecule has 0 aliphatic rings. The molecule has 2 unspecified atom stereocenters. The first-order valence-electron chi connectivity index (χ1n) is 7.68. The lowest BCUT2D eigenvalue weighted by molar-refractivity contribution is -0.142. The van der Waals surface area contributed by atoms with Crippen LogP contribution in [-0.4, -0.2) is 11.1 Å². The summed E-state index contributed by atoms with van der Waals surface area (Å²) in [7, 11) is 0. The molecule has 1 N–H and O–H groups in total. The van der Waals surface area contributed by atoms with Crippen molar-refractivity contribution >= 4 is 5.97 Å². The molecule has 0 radical (unpaired) electrons. The Hall–Kier alpha value is -0.530. The molecule has 0 saturated carbocycles. The molecule has 2 heteroatoms. The molecular formula is C16H32O2. The molecule has 2 atom stereocenters. The van der Waals surface area contributed by atoms with Gasteiger partial charge in [0.25, 0.3) is 0 Å². The van der Waals surface area contributed by atoms with Crippen LogP contribution >= 0.6 is 0 Å². The van der Waals surface area contributed by atoms with Crippen molar-refractivity contribution in [1.29, 1.82) is 0 Å². The van der Waals surface area contributed by atoms with E-state index in [2.05, 4.69) is 20.8 Å². The molecule has 0 aromatic carbocycles. The van der Waals surface area contributed by atoms with E-state index >= 15 is 0 Å². The van der Waals surface area contributed by atoms with Crippen LogP contribution in [0.5, 0.6) is 0 Å². The van der Waals surface area contributed by atoms with Gasteiger partial charge >= 0.3 is 5.97 Å². The summed E-state index contributed by atoms with van der Waals surface area (Å²) < 4.78 is 0. The van der Waals surface area contributed by atoms with Crippen molar-refractivity contribution < 1.29 is 9.90 Å². The summed E-state index contributed by atoms with van der Waals surface area (Å²) in [6.07, 6.45) is 10.7. The zero-order valence-electron chi connectivity index (χ0n) is 12.8. The third kappa shape index (κ3) is 7.73. The van der Waals surface area contributed by atoms with Crippen LogP contribution in [0.1, 0.15) is 85.5 Å². The van der Waals surface area contributed by atoms with Gasteiger partial charge < -0.3 is 5.11 Å². The summed E-state index contributed by atoms with van der Waals surface area (Å²) in [5.74, 6) is -0.857. The Morgan fingerprint density at radius 1 is 1.06 bits per heavy atom. The normalized spacial score (nSPS) is 16.2. The Balaban J connectivity index is 4.27. The largest absolute Gasteiger partial charge is 0.481 e. The van der Waals surface area contributed by atoms with Gasteiger partial charge in [0.05, 0.1) is 5.92 Å². The molecule has 0 fully saturated rings. The Morgan fingerprint density at radius 2 is 1.61 bits per heavy atom. The first-order valence-corrected chi connectivity index (χ1v) is 7.68. The second-order valence-electron chi connectivity index (χ2n) is 6.17. The van der Waals surface area contributed by atoms with Gasteiger partial charge in [-0.15, -0.1) is 0 Å². The second-order valence-corrected chi connectivity index (χ2v) is 6.17. The molecule has 0 aromatic heterocycles. The van der Waals surface area contributed by atoms with Crippen molar-refractivity contribution in [2.45, 2.75) is 85.5 Å². The average Bonchev–Trinajstić information content (AvgIpc) is 2.32. The predicted molar refractivity (Wildman–Crippen MR) is 77.8 cm³/mol. The van der Waals surface area contributed by atoms with Crippen LogP contribution < -0.4 is 0 Å². The topological polar surface area (TPSA) is 37.3 Å². The lowest BCUT2D eigenvalue weighted by Gasteiger charge is -2.31. The monoisotopic (exact) mass is 256 g/mol.